The molecule has 0 saturated heterocycles. The maximum absolute atomic E-state index is 9.16. The van der Waals surface area contributed by atoms with Crippen LogP contribution in [0.4, 0.5) is 0 Å². The van der Waals surface area contributed by atoms with E-state index in [9.17, 15) is 0 Å². The van der Waals surface area contributed by atoms with E-state index in [1.165, 1.54) is 0 Å². The highest BCUT2D eigenvalue weighted by Crippen LogP contribution is 2.24. The molecule has 0 aromatic heterocycles. The molecular formula is C11H24O2Si. The Balaban J connectivity index is 4.30. The third kappa shape index (κ3) is 3.94. The highest BCUT2D eigenvalue weighted by atomic mass is 28.4. The van der Waals surface area contributed by atoms with E-state index in [2.05, 4.69) is 27.4 Å². The Kier molecular flexibility index (Phi) is 7.14. The van der Waals surface area contributed by atoms with Gasteiger partial charge in [0.1, 0.15) is 0 Å². The molecule has 0 amide bonds. The van der Waals surface area contributed by atoms with Crippen LogP contribution in [0.15, 0.2) is 12.7 Å². The zero-order valence-electron chi connectivity index (χ0n) is 9.75. The number of hydrogen-bond acceptors (Lipinski definition) is 2. The molecule has 1 N–H and O–H groups in total. The van der Waals surface area contributed by atoms with Crippen LogP contribution in [0.3, 0.4) is 0 Å². The van der Waals surface area contributed by atoms with Crippen LogP contribution in [-0.2, 0) is 4.43 Å². The molecular weight excluding hydrogens is 192 g/mol. The van der Waals surface area contributed by atoms with Crippen molar-refractivity contribution < 1.29 is 9.53 Å². The van der Waals surface area contributed by atoms with Gasteiger partial charge < -0.3 is 9.53 Å². The number of rotatable bonds is 8. The van der Waals surface area contributed by atoms with Gasteiger partial charge in [-0.05, 0) is 24.6 Å². The Morgan fingerprint density at radius 3 is 2.07 bits per heavy atom. The zero-order chi connectivity index (χ0) is 11.0. The van der Waals surface area contributed by atoms with E-state index >= 15 is 0 Å². The summed E-state index contributed by atoms with van der Waals surface area (Å²) >= 11 is 0. The monoisotopic (exact) mass is 216 g/mol. The van der Waals surface area contributed by atoms with Gasteiger partial charge in [0.25, 0.3) is 0 Å². The summed E-state index contributed by atoms with van der Waals surface area (Å²) in [4.78, 5) is 0. The molecule has 0 bridgehead atoms. The van der Waals surface area contributed by atoms with Crippen molar-refractivity contribution in [2.24, 2.45) is 0 Å². The van der Waals surface area contributed by atoms with Gasteiger partial charge in [0.2, 0.25) is 0 Å². The van der Waals surface area contributed by atoms with Crippen molar-refractivity contribution in [3.05, 3.63) is 12.7 Å². The van der Waals surface area contributed by atoms with Crippen LogP contribution >= 0.6 is 0 Å². The van der Waals surface area contributed by atoms with E-state index in [4.69, 9.17) is 9.53 Å². The third-order valence-electron chi connectivity index (χ3n) is 2.98. The number of aliphatic hydroxyl groups excluding tert-OH is 1. The molecule has 0 aromatic rings. The Hall–Kier alpha value is -0.123. The second-order valence-corrected chi connectivity index (χ2v) is 8.41. The first kappa shape index (κ1) is 13.9. The third-order valence-corrected chi connectivity index (χ3v) is 7.68. The summed E-state index contributed by atoms with van der Waals surface area (Å²) in [5.74, 6) is 0. The highest BCUT2D eigenvalue weighted by Gasteiger charge is 2.31. The van der Waals surface area contributed by atoms with Crippen molar-refractivity contribution in [2.75, 3.05) is 6.61 Å². The lowest BCUT2D eigenvalue weighted by molar-refractivity contribution is 0.108. The Bertz CT molecular complexity index is 147. The fourth-order valence-electron chi connectivity index (χ4n) is 1.70. The molecule has 0 aliphatic rings. The van der Waals surface area contributed by atoms with Gasteiger partial charge in [0, 0.05) is 0 Å². The predicted molar refractivity (Wildman–Crippen MR) is 64.0 cm³/mol. The minimum absolute atomic E-state index is 0.0287. The smallest absolute Gasteiger partial charge is 0.192 e. The second-order valence-electron chi connectivity index (χ2n) is 3.69. The first-order chi connectivity index (χ1) is 6.67. The second kappa shape index (κ2) is 7.21. The summed E-state index contributed by atoms with van der Waals surface area (Å²) in [6, 6.07) is 3.40. The van der Waals surface area contributed by atoms with Crippen molar-refractivity contribution in [2.45, 2.75) is 51.4 Å². The normalized spacial score (nSPS) is 14.0. The van der Waals surface area contributed by atoms with Crippen LogP contribution in [0, 0.1) is 0 Å². The lowest BCUT2D eigenvalue weighted by Crippen LogP contribution is -2.41. The van der Waals surface area contributed by atoms with E-state index in [0.29, 0.717) is 0 Å². The minimum Gasteiger partial charge on any atom is -0.411 e. The fraction of sp³-hybridized carbons (Fsp3) is 0.818. The van der Waals surface area contributed by atoms with Crippen molar-refractivity contribution >= 4 is 8.32 Å². The van der Waals surface area contributed by atoms with Gasteiger partial charge in [-0.25, -0.2) is 0 Å². The van der Waals surface area contributed by atoms with Crippen molar-refractivity contribution in [1.82, 2.24) is 0 Å². The average Bonchev–Trinajstić information content (AvgIpc) is 2.25. The molecule has 84 valence electrons. The molecule has 0 rings (SSSR count). The molecule has 2 nitrogen and oxygen atoms in total. The van der Waals surface area contributed by atoms with Crippen LogP contribution in [-0.4, -0.2) is 26.1 Å². The van der Waals surface area contributed by atoms with Crippen LogP contribution in [0.5, 0.6) is 0 Å². The summed E-state index contributed by atoms with van der Waals surface area (Å²) in [5.41, 5.74) is 0. The highest BCUT2D eigenvalue weighted by molar-refractivity contribution is 6.73. The quantitative estimate of drug-likeness (QED) is 0.499. The first-order valence-corrected chi connectivity index (χ1v) is 8.10. The van der Waals surface area contributed by atoms with Gasteiger partial charge in [-0.2, -0.15) is 0 Å². The zero-order valence-corrected chi connectivity index (χ0v) is 10.8. The van der Waals surface area contributed by atoms with Gasteiger partial charge in [-0.1, -0.05) is 26.8 Å². The maximum atomic E-state index is 9.16. The molecule has 14 heavy (non-hydrogen) atoms. The van der Waals surface area contributed by atoms with E-state index in [-0.39, 0.29) is 12.7 Å². The lowest BCUT2D eigenvalue weighted by atomic mass is 10.3. The lowest BCUT2D eigenvalue weighted by Gasteiger charge is -2.32. The summed E-state index contributed by atoms with van der Waals surface area (Å²) in [5, 5.41) is 9.16. The molecule has 0 aliphatic heterocycles. The van der Waals surface area contributed by atoms with Gasteiger partial charge in [-0.3, -0.25) is 0 Å². The molecule has 0 spiro atoms. The van der Waals surface area contributed by atoms with Crippen LogP contribution in [0.1, 0.15) is 27.2 Å². The SMILES string of the molecule is C=CC[C@H](CO)O[Si](CC)(CC)CC. The average molecular weight is 216 g/mol. The van der Waals surface area contributed by atoms with Gasteiger partial charge in [0.05, 0.1) is 12.7 Å². The van der Waals surface area contributed by atoms with Crippen molar-refractivity contribution in [3.8, 4) is 0 Å². The fourth-order valence-corrected chi connectivity index (χ4v) is 4.58. The summed E-state index contributed by atoms with van der Waals surface area (Å²) < 4.78 is 6.09. The summed E-state index contributed by atoms with van der Waals surface area (Å²) in [6.07, 6.45) is 2.55. The molecule has 0 radical (unpaired) electrons. The van der Waals surface area contributed by atoms with E-state index in [0.717, 1.165) is 24.6 Å². The van der Waals surface area contributed by atoms with Gasteiger partial charge >= 0.3 is 0 Å². The molecule has 0 unspecified atom stereocenters. The maximum Gasteiger partial charge on any atom is 0.192 e. The summed E-state index contributed by atoms with van der Waals surface area (Å²) in [7, 11) is -1.55. The van der Waals surface area contributed by atoms with E-state index in [1.807, 2.05) is 6.08 Å². The molecule has 0 aromatic carbocycles. The molecule has 1 atom stereocenters. The van der Waals surface area contributed by atoms with E-state index < -0.39 is 8.32 Å². The Morgan fingerprint density at radius 2 is 1.79 bits per heavy atom. The number of aliphatic hydroxyl groups is 1. The predicted octanol–water partition coefficient (Wildman–Crippen LogP) is 2.95. The van der Waals surface area contributed by atoms with Crippen LogP contribution in [0.2, 0.25) is 18.1 Å². The molecule has 0 aliphatic carbocycles. The topological polar surface area (TPSA) is 29.5 Å². The number of hydrogen-bond donors (Lipinski definition) is 1. The molecule has 3 heteroatoms. The molecule has 0 saturated carbocycles. The Labute approximate surface area is 89.1 Å². The van der Waals surface area contributed by atoms with Crippen molar-refractivity contribution in [3.63, 3.8) is 0 Å². The largest absolute Gasteiger partial charge is 0.411 e. The molecule has 0 heterocycles. The minimum atomic E-state index is -1.55. The van der Waals surface area contributed by atoms with Crippen molar-refractivity contribution in [1.29, 1.82) is 0 Å². The summed E-state index contributed by atoms with van der Waals surface area (Å²) in [6.45, 7) is 10.4. The van der Waals surface area contributed by atoms with Crippen LogP contribution < -0.4 is 0 Å². The van der Waals surface area contributed by atoms with Gasteiger partial charge in [0.15, 0.2) is 8.32 Å². The van der Waals surface area contributed by atoms with E-state index in [1.54, 1.807) is 0 Å². The Morgan fingerprint density at radius 1 is 1.29 bits per heavy atom. The first-order valence-electron chi connectivity index (χ1n) is 5.57. The van der Waals surface area contributed by atoms with Crippen LogP contribution in [0.25, 0.3) is 0 Å². The standard InChI is InChI=1S/C11H24O2Si/c1-5-9-11(10-12)13-14(6-2,7-3)8-4/h5,11-12H,1,6-10H2,2-4H3/t11-/m1/s1. The van der Waals surface area contributed by atoms with Gasteiger partial charge in [-0.15, -0.1) is 6.58 Å². The molecule has 0 fully saturated rings.